The molecule has 0 radical (unpaired) electrons. The molecular weight excluding hydrogens is 290 g/mol. The molecule has 126 valence electrons. The van der Waals surface area contributed by atoms with Gasteiger partial charge in [0.05, 0.1) is 0 Å². The molecule has 1 heterocycles. The highest BCUT2D eigenvalue weighted by atomic mass is 16.6. The van der Waals surface area contributed by atoms with Gasteiger partial charge in [0.2, 0.25) is 0 Å². The molecule has 4 heteroatoms. The third kappa shape index (κ3) is 4.81. The maximum Gasteiger partial charge on any atom is 0.410 e. The molecule has 0 saturated carbocycles. The van der Waals surface area contributed by atoms with Crippen LogP contribution in [0.1, 0.15) is 56.5 Å². The van der Waals surface area contributed by atoms with Crippen molar-refractivity contribution in [2.24, 2.45) is 5.92 Å². The Bertz CT molecular complexity index is 574. The van der Waals surface area contributed by atoms with Gasteiger partial charge in [0.15, 0.2) is 5.78 Å². The van der Waals surface area contributed by atoms with Crippen LogP contribution < -0.4 is 0 Å². The van der Waals surface area contributed by atoms with Gasteiger partial charge in [-0.25, -0.2) is 4.79 Å². The molecule has 1 amide bonds. The second kappa shape index (κ2) is 7.16. The number of hydrogen-bond acceptors (Lipinski definition) is 3. The molecule has 0 N–H and O–H groups in total. The number of amides is 1. The monoisotopic (exact) mass is 317 g/mol. The number of ketones is 1. The molecule has 1 fully saturated rings. The predicted octanol–water partition coefficient (Wildman–Crippen LogP) is 4.08. The van der Waals surface area contributed by atoms with Crippen LogP contribution in [-0.4, -0.2) is 35.5 Å². The fourth-order valence-electron chi connectivity index (χ4n) is 2.87. The number of carbonyl (C=O) groups is 2. The van der Waals surface area contributed by atoms with E-state index >= 15 is 0 Å². The smallest absolute Gasteiger partial charge is 0.410 e. The van der Waals surface area contributed by atoms with Crippen molar-refractivity contribution < 1.29 is 14.3 Å². The number of likely N-dealkylation sites (tertiary alicyclic amines) is 1. The summed E-state index contributed by atoms with van der Waals surface area (Å²) < 4.78 is 5.38. The lowest BCUT2D eigenvalue weighted by molar-refractivity contribution is 0.0289. The summed E-state index contributed by atoms with van der Waals surface area (Å²) in [7, 11) is 0. The Hall–Kier alpha value is -1.84. The zero-order chi connectivity index (χ0) is 17.0. The molecule has 2 rings (SSSR count). The van der Waals surface area contributed by atoms with Crippen molar-refractivity contribution in [3.05, 3.63) is 35.4 Å². The first-order valence-corrected chi connectivity index (χ1v) is 8.41. The molecule has 1 unspecified atom stereocenters. The number of ether oxygens (including phenoxy) is 1. The highest BCUT2D eigenvalue weighted by Gasteiger charge is 2.33. The Balaban J connectivity index is 2.00. The fraction of sp³-hybridized carbons (Fsp3) is 0.579. The summed E-state index contributed by atoms with van der Waals surface area (Å²) in [5.74, 6) is 0.00778. The van der Waals surface area contributed by atoms with Crippen LogP contribution in [0.3, 0.4) is 0 Å². The number of aryl methyl sites for hydroxylation is 1. The number of carbonyl (C=O) groups excluding carboxylic acids is 2. The van der Waals surface area contributed by atoms with E-state index < -0.39 is 5.60 Å². The second-order valence-corrected chi connectivity index (χ2v) is 7.23. The van der Waals surface area contributed by atoms with Gasteiger partial charge in [0, 0.05) is 24.6 Å². The number of Topliss-reactive ketones (excluding diaryl/α,β-unsaturated/α-hetero) is 1. The number of benzene rings is 1. The van der Waals surface area contributed by atoms with Gasteiger partial charge in [-0.05, 0) is 45.2 Å². The zero-order valence-corrected chi connectivity index (χ0v) is 14.6. The summed E-state index contributed by atoms with van der Waals surface area (Å²) in [6.45, 7) is 8.71. The quantitative estimate of drug-likeness (QED) is 0.786. The Labute approximate surface area is 138 Å². The molecule has 1 aliphatic heterocycles. The van der Waals surface area contributed by atoms with E-state index in [2.05, 4.69) is 13.0 Å². The van der Waals surface area contributed by atoms with Crippen LogP contribution in [0.2, 0.25) is 0 Å². The summed E-state index contributed by atoms with van der Waals surface area (Å²) in [6, 6.07) is 7.86. The normalized spacial score (nSPS) is 18.1. The molecule has 1 aromatic carbocycles. The van der Waals surface area contributed by atoms with Crippen molar-refractivity contribution in [3.63, 3.8) is 0 Å². The van der Waals surface area contributed by atoms with E-state index in [-0.39, 0.29) is 17.8 Å². The average Bonchev–Trinajstić information content (AvgIpc) is 2.95. The van der Waals surface area contributed by atoms with Crippen molar-refractivity contribution in [2.45, 2.75) is 52.6 Å². The molecule has 1 aromatic rings. The van der Waals surface area contributed by atoms with E-state index in [1.807, 2.05) is 39.0 Å². The predicted molar refractivity (Wildman–Crippen MR) is 90.7 cm³/mol. The summed E-state index contributed by atoms with van der Waals surface area (Å²) in [6.07, 6.45) is 2.42. The highest BCUT2D eigenvalue weighted by molar-refractivity contribution is 5.98. The lowest BCUT2D eigenvalue weighted by atomic mass is 9.95. The molecule has 1 saturated heterocycles. The second-order valence-electron chi connectivity index (χ2n) is 7.23. The van der Waals surface area contributed by atoms with Crippen LogP contribution in [0.15, 0.2) is 24.3 Å². The van der Waals surface area contributed by atoms with E-state index in [1.165, 1.54) is 5.56 Å². The first-order valence-electron chi connectivity index (χ1n) is 8.41. The van der Waals surface area contributed by atoms with Gasteiger partial charge in [0.25, 0.3) is 0 Å². The van der Waals surface area contributed by atoms with Crippen LogP contribution >= 0.6 is 0 Å². The first kappa shape index (κ1) is 17.5. The van der Waals surface area contributed by atoms with Crippen LogP contribution in [0, 0.1) is 5.92 Å². The maximum absolute atomic E-state index is 12.7. The van der Waals surface area contributed by atoms with Crippen LogP contribution in [-0.2, 0) is 11.2 Å². The van der Waals surface area contributed by atoms with E-state index in [1.54, 1.807) is 4.90 Å². The minimum atomic E-state index is -0.506. The summed E-state index contributed by atoms with van der Waals surface area (Å²) >= 11 is 0. The molecule has 0 aromatic heterocycles. The van der Waals surface area contributed by atoms with Crippen LogP contribution in [0.4, 0.5) is 4.79 Å². The lowest BCUT2D eigenvalue weighted by Crippen LogP contribution is -2.35. The summed E-state index contributed by atoms with van der Waals surface area (Å²) in [5, 5.41) is 0. The van der Waals surface area contributed by atoms with Gasteiger partial charge in [-0.3, -0.25) is 4.79 Å². The van der Waals surface area contributed by atoms with Crippen molar-refractivity contribution in [3.8, 4) is 0 Å². The highest BCUT2D eigenvalue weighted by Crippen LogP contribution is 2.23. The third-order valence-corrected chi connectivity index (χ3v) is 3.96. The lowest BCUT2D eigenvalue weighted by Gasteiger charge is -2.24. The van der Waals surface area contributed by atoms with Gasteiger partial charge in [0.1, 0.15) is 5.60 Å². The van der Waals surface area contributed by atoms with E-state index in [9.17, 15) is 9.59 Å². The first-order chi connectivity index (χ1) is 10.8. The molecule has 23 heavy (non-hydrogen) atoms. The van der Waals surface area contributed by atoms with Gasteiger partial charge >= 0.3 is 6.09 Å². The average molecular weight is 317 g/mol. The Morgan fingerprint density at radius 2 is 2.04 bits per heavy atom. The van der Waals surface area contributed by atoms with Crippen LogP contribution in [0.5, 0.6) is 0 Å². The third-order valence-electron chi connectivity index (χ3n) is 3.96. The van der Waals surface area contributed by atoms with E-state index in [0.717, 1.165) is 18.4 Å². The Morgan fingerprint density at radius 1 is 1.30 bits per heavy atom. The maximum atomic E-state index is 12.7. The number of rotatable bonds is 4. The summed E-state index contributed by atoms with van der Waals surface area (Å²) in [4.78, 5) is 26.4. The van der Waals surface area contributed by atoms with E-state index in [4.69, 9.17) is 4.74 Å². The SMILES string of the molecule is CCCc1cccc(C(=O)C2CCN(C(=O)OC(C)(C)C)C2)c1. The number of nitrogens with zero attached hydrogens (tertiary/aromatic N) is 1. The standard InChI is InChI=1S/C19H27NO3/c1-5-7-14-8-6-9-15(12-14)17(21)16-10-11-20(13-16)18(22)23-19(2,3)4/h6,8-9,12,16H,5,7,10-11,13H2,1-4H3. The number of hydrogen-bond donors (Lipinski definition) is 0. The molecule has 1 atom stereocenters. The van der Waals surface area contributed by atoms with Crippen molar-refractivity contribution in [1.82, 2.24) is 4.90 Å². The van der Waals surface area contributed by atoms with Crippen molar-refractivity contribution in [2.75, 3.05) is 13.1 Å². The molecular formula is C19H27NO3. The molecule has 0 spiro atoms. The Morgan fingerprint density at radius 3 is 2.70 bits per heavy atom. The molecule has 0 bridgehead atoms. The minimum Gasteiger partial charge on any atom is -0.444 e. The molecule has 1 aliphatic rings. The van der Waals surface area contributed by atoms with Crippen molar-refractivity contribution in [1.29, 1.82) is 0 Å². The van der Waals surface area contributed by atoms with Gasteiger partial charge in [-0.15, -0.1) is 0 Å². The minimum absolute atomic E-state index is 0.126. The molecule has 4 nitrogen and oxygen atoms in total. The van der Waals surface area contributed by atoms with Gasteiger partial charge < -0.3 is 9.64 Å². The van der Waals surface area contributed by atoms with Crippen LogP contribution in [0.25, 0.3) is 0 Å². The zero-order valence-electron chi connectivity index (χ0n) is 14.6. The largest absolute Gasteiger partial charge is 0.444 e. The Kier molecular flexibility index (Phi) is 5.45. The summed E-state index contributed by atoms with van der Waals surface area (Å²) in [5.41, 5.74) is 1.44. The topological polar surface area (TPSA) is 46.6 Å². The van der Waals surface area contributed by atoms with Gasteiger partial charge in [-0.1, -0.05) is 31.5 Å². The van der Waals surface area contributed by atoms with Gasteiger partial charge in [-0.2, -0.15) is 0 Å². The fourth-order valence-corrected chi connectivity index (χ4v) is 2.87. The van der Waals surface area contributed by atoms with E-state index in [0.29, 0.717) is 19.5 Å². The van der Waals surface area contributed by atoms with Crippen molar-refractivity contribution >= 4 is 11.9 Å². The molecule has 0 aliphatic carbocycles.